The first-order valence-corrected chi connectivity index (χ1v) is 6.98. The van der Waals surface area contributed by atoms with Crippen molar-refractivity contribution in [1.82, 2.24) is 5.32 Å². The molecule has 24 heavy (non-hydrogen) atoms. The van der Waals surface area contributed by atoms with E-state index in [1.165, 1.54) is 24.3 Å². The minimum atomic E-state index is -4.71. The Morgan fingerprint density at radius 2 is 1.62 bits per heavy atom. The van der Waals surface area contributed by atoms with Crippen LogP contribution in [0.1, 0.15) is 11.1 Å². The van der Waals surface area contributed by atoms with Gasteiger partial charge in [0.15, 0.2) is 5.96 Å². The van der Waals surface area contributed by atoms with E-state index in [1.807, 2.05) is 0 Å². The summed E-state index contributed by atoms with van der Waals surface area (Å²) in [5.41, 5.74) is 7.34. The van der Waals surface area contributed by atoms with Gasteiger partial charge in [-0.1, -0.05) is 24.3 Å². The van der Waals surface area contributed by atoms with E-state index in [2.05, 4.69) is 15.0 Å². The summed E-state index contributed by atoms with van der Waals surface area (Å²) >= 11 is 0. The number of benzene rings is 2. The lowest BCUT2D eigenvalue weighted by atomic mass is 10.2. The highest BCUT2D eigenvalue weighted by molar-refractivity contribution is 5.77. The van der Waals surface area contributed by atoms with E-state index in [0.29, 0.717) is 12.1 Å². The lowest BCUT2D eigenvalue weighted by molar-refractivity contribution is -0.274. The second-order valence-corrected chi connectivity index (χ2v) is 4.91. The second kappa shape index (κ2) is 7.58. The van der Waals surface area contributed by atoms with Gasteiger partial charge in [0.2, 0.25) is 0 Å². The lowest BCUT2D eigenvalue weighted by Crippen LogP contribution is -2.31. The fraction of sp³-hybridized carbons (Fsp3) is 0.188. The molecule has 0 aromatic heterocycles. The van der Waals surface area contributed by atoms with Crippen molar-refractivity contribution in [3.8, 4) is 11.5 Å². The Morgan fingerprint density at radius 3 is 2.21 bits per heavy atom. The monoisotopic (exact) mass is 339 g/mol. The molecule has 0 aliphatic heterocycles. The third-order valence-electron chi connectivity index (χ3n) is 3.00. The molecule has 0 amide bonds. The first kappa shape index (κ1) is 17.5. The number of rotatable bonds is 5. The van der Waals surface area contributed by atoms with Gasteiger partial charge in [0, 0.05) is 6.54 Å². The molecule has 0 radical (unpaired) electrons. The minimum absolute atomic E-state index is 0.179. The highest BCUT2D eigenvalue weighted by Crippen LogP contribution is 2.22. The first-order chi connectivity index (χ1) is 11.3. The number of nitrogens with one attached hydrogen (secondary N) is 1. The molecule has 0 saturated heterocycles. The van der Waals surface area contributed by atoms with E-state index in [4.69, 9.17) is 5.73 Å². The summed E-state index contributed by atoms with van der Waals surface area (Å²) in [7, 11) is 0. The van der Waals surface area contributed by atoms with Crippen LogP contribution in [-0.2, 0) is 13.1 Å². The molecule has 0 aliphatic rings. The summed E-state index contributed by atoms with van der Waals surface area (Å²) in [5, 5.41) is 12.1. The van der Waals surface area contributed by atoms with Crippen LogP contribution in [0.25, 0.3) is 0 Å². The summed E-state index contributed by atoms with van der Waals surface area (Å²) in [5.74, 6) is 0.102. The van der Waals surface area contributed by atoms with E-state index in [9.17, 15) is 18.3 Å². The molecule has 0 fully saturated rings. The maximum Gasteiger partial charge on any atom is 0.573 e. The standard InChI is InChI=1S/C16H16F3N3O2/c17-16(18,19)24-14-7-3-12(4-8-14)10-22-15(20)21-9-11-1-5-13(23)6-2-11/h1-8,23H,9-10H2,(H3,20,21,22). The number of aromatic hydroxyl groups is 1. The number of phenolic OH excluding ortho intramolecular Hbond substituents is 1. The summed E-state index contributed by atoms with van der Waals surface area (Å²) in [6.07, 6.45) is -4.71. The average Bonchev–Trinajstić information content (AvgIpc) is 2.52. The van der Waals surface area contributed by atoms with Gasteiger partial charge in [0.1, 0.15) is 11.5 Å². The lowest BCUT2D eigenvalue weighted by Gasteiger charge is -2.09. The number of halogens is 3. The maximum atomic E-state index is 12.1. The number of hydrogen-bond donors (Lipinski definition) is 3. The van der Waals surface area contributed by atoms with E-state index < -0.39 is 6.36 Å². The van der Waals surface area contributed by atoms with Crippen LogP contribution in [-0.4, -0.2) is 17.4 Å². The molecular weight excluding hydrogens is 323 g/mol. The number of nitrogens with two attached hydrogens (primary N) is 1. The highest BCUT2D eigenvalue weighted by atomic mass is 19.4. The van der Waals surface area contributed by atoms with Gasteiger partial charge in [-0.15, -0.1) is 13.2 Å². The number of aliphatic imine (C=N–C) groups is 1. The molecule has 0 atom stereocenters. The van der Waals surface area contributed by atoms with Crippen LogP contribution >= 0.6 is 0 Å². The van der Waals surface area contributed by atoms with Gasteiger partial charge in [0.05, 0.1) is 6.54 Å². The predicted molar refractivity (Wildman–Crippen MR) is 83.4 cm³/mol. The Hall–Kier alpha value is -2.90. The summed E-state index contributed by atoms with van der Waals surface area (Å²) < 4.78 is 40.0. The van der Waals surface area contributed by atoms with Crippen LogP contribution in [0.4, 0.5) is 13.2 Å². The molecule has 5 nitrogen and oxygen atoms in total. The number of guanidine groups is 1. The summed E-state index contributed by atoms with van der Waals surface area (Å²) in [6, 6.07) is 12.0. The molecular formula is C16H16F3N3O2. The molecule has 8 heteroatoms. The first-order valence-electron chi connectivity index (χ1n) is 6.98. The van der Waals surface area contributed by atoms with E-state index in [-0.39, 0.29) is 24.0 Å². The van der Waals surface area contributed by atoms with E-state index in [0.717, 1.165) is 5.56 Å². The smallest absolute Gasteiger partial charge is 0.508 e. The SMILES string of the molecule is NC(=NCc1ccc(OC(F)(F)F)cc1)NCc1ccc(O)cc1. The third kappa shape index (κ3) is 6.07. The van der Waals surface area contributed by atoms with Gasteiger partial charge in [-0.25, -0.2) is 4.99 Å². The topological polar surface area (TPSA) is 79.9 Å². The van der Waals surface area contributed by atoms with Gasteiger partial charge in [-0.3, -0.25) is 0 Å². The van der Waals surface area contributed by atoms with Gasteiger partial charge in [-0.2, -0.15) is 0 Å². The number of phenols is 1. The summed E-state index contributed by atoms with van der Waals surface area (Å²) in [4.78, 5) is 4.10. The second-order valence-electron chi connectivity index (χ2n) is 4.91. The van der Waals surface area contributed by atoms with E-state index >= 15 is 0 Å². The van der Waals surface area contributed by atoms with Crippen LogP contribution in [0.5, 0.6) is 11.5 Å². The van der Waals surface area contributed by atoms with Crippen molar-refractivity contribution >= 4 is 5.96 Å². The minimum Gasteiger partial charge on any atom is -0.508 e. The normalized spacial score (nSPS) is 12.0. The molecule has 0 aliphatic carbocycles. The van der Waals surface area contributed by atoms with Crippen LogP contribution in [0.15, 0.2) is 53.5 Å². The van der Waals surface area contributed by atoms with Gasteiger partial charge < -0.3 is 20.9 Å². The van der Waals surface area contributed by atoms with Crippen LogP contribution < -0.4 is 15.8 Å². The zero-order valence-corrected chi connectivity index (χ0v) is 12.5. The number of ether oxygens (including phenoxy) is 1. The zero-order chi connectivity index (χ0) is 17.6. The molecule has 2 aromatic rings. The maximum absolute atomic E-state index is 12.1. The van der Waals surface area contributed by atoms with Crippen LogP contribution in [0.3, 0.4) is 0 Å². The molecule has 2 aromatic carbocycles. The van der Waals surface area contributed by atoms with Crippen molar-refractivity contribution in [2.75, 3.05) is 0 Å². The average molecular weight is 339 g/mol. The molecule has 128 valence electrons. The van der Waals surface area contributed by atoms with Gasteiger partial charge in [0.25, 0.3) is 0 Å². The molecule has 4 N–H and O–H groups in total. The van der Waals surface area contributed by atoms with Crippen LogP contribution in [0.2, 0.25) is 0 Å². The molecule has 0 bridgehead atoms. The molecule has 2 rings (SSSR count). The Morgan fingerprint density at radius 1 is 1.04 bits per heavy atom. The predicted octanol–water partition coefficient (Wildman–Crippen LogP) is 2.90. The largest absolute Gasteiger partial charge is 0.573 e. The Balaban J connectivity index is 1.84. The van der Waals surface area contributed by atoms with Gasteiger partial charge in [-0.05, 0) is 35.4 Å². The number of hydrogen-bond acceptors (Lipinski definition) is 3. The highest BCUT2D eigenvalue weighted by Gasteiger charge is 2.30. The fourth-order valence-electron chi connectivity index (χ4n) is 1.84. The summed E-state index contributed by atoms with van der Waals surface area (Å²) in [6.45, 7) is 0.661. The van der Waals surface area contributed by atoms with E-state index in [1.54, 1.807) is 24.3 Å². The van der Waals surface area contributed by atoms with Crippen LogP contribution in [0, 0.1) is 0 Å². The Labute approximate surface area is 136 Å². The fourth-order valence-corrected chi connectivity index (χ4v) is 1.84. The molecule has 0 saturated carbocycles. The Bertz CT molecular complexity index is 683. The molecule has 0 spiro atoms. The zero-order valence-electron chi connectivity index (χ0n) is 12.5. The third-order valence-corrected chi connectivity index (χ3v) is 3.00. The van der Waals surface area contributed by atoms with Crippen molar-refractivity contribution < 1.29 is 23.0 Å². The van der Waals surface area contributed by atoms with Crippen molar-refractivity contribution in [1.29, 1.82) is 0 Å². The Kier molecular flexibility index (Phi) is 5.51. The number of alkyl halides is 3. The van der Waals surface area contributed by atoms with Crippen molar-refractivity contribution in [2.24, 2.45) is 10.7 Å². The van der Waals surface area contributed by atoms with Crippen molar-refractivity contribution in [2.45, 2.75) is 19.5 Å². The van der Waals surface area contributed by atoms with Crippen molar-refractivity contribution in [3.63, 3.8) is 0 Å². The van der Waals surface area contributed by atoms with Crippen molar-refractivity contribution in [3.05, 3.63) is 59.7 Å². The number of nitrogens with zero attached hydrogens (tertiary/aromatic N) is 1. The molecule has 0 heterocycles. The van der Waals surface area contributed by atoms with Gasteiger partial charge >= 0.3 is 6.36 Å². The molecule has 0 unspecified atom stereocenters. The quantitative estimate of drug-likeness (QED) is 0.578.